The van der Waals surface area contributed by atoms with E-state index < -0.39 is 0 Å². The fourth-order valence-corrected chi connectivity index (χ4v) is 3.38. The van der Waals surface area contributed by atoms with Crippen molar-refractivity contribution >= 4 is 33.5 Å². The standard InChI is InChI=1S/C15H15BrN2OS/c1-10-3-2-4-11(7-10)9-20-14-6-5-12(8-13(14)16)15(17)18-19/h2-8,19H,9H2,1H3,(H2,17,18). The average molecular weight is 351 g/mol. The average Bonchev–Trinajstić information content (AvgIpc) is 2.45. The first-order valence-electron chi connectivity index (χ1n) is 6.06. The van der Waals surface area contributed by atoms with Crippen LogP contribution in [0, 0.1) is 6.92 Å². The van der Waals surface area contributed by atoms with Crippen molar-refractivity contribution < 1.29 is 5.21 Å². The van der Waals surface area contributed by atoms with E-state index in [0.717, 1.165) is 15.1 Å². The van der Waals surface area contributed by atoms with E-state index in [1.54, 1.807) is 11.8 Å². The number of hydrogen-bond donors (Lipinski definition) is 2. The minimum absolute atomic E-state index is 0.112. The molecule has 0 aliphatic rings. The topological polar surface area (TPSA) is 58.6 Å². The van der Waals surface area contributed by atoms with E-state index in [1.165, 1.54) is 11.1 Å². The first-order valence-corrected chi connectivity index (χ1v) is 7.84. The Morgan fingerprint density at radius 1 is 1.30 bits per heavy atom. The summed E-state index contributed by atoms with van der Waals surface area (Å²) in [5.41, 5.74) is 8.82. The number of halogens is 1. The number of hydrogen-bond acceptors (Lipinski definition) is 3. The molecule has 20 heavy (non-hydrogen) atoms. The minimum atomic E-state index is 0.112. The van der Waals surface area contributed by atoms with Gasteiger partial charge in [-0.05, 0) is 46.6 Å². The minimum Gasteiger partial charge on any atom is -0.409 e. The van der Waals surface area contributed by atoms with Crippen LogP contribution in [0.1, 0.15) is 16.7 Å². The van der Waals surface area contributed by atoms with E-state index in [2.05, 4.69) is 52.3 Å². The zero-order valence-electron chi connectivity index (χ0n) is 11.0. The third-order valence-corrected chi connectivity index (χ3v) is 4.88. The summed E-state index contributed by atoms with van der Waals surface area (Å²) in [6, 6.07) is 14.1. The van der Waals surface area contributed by atoms with Crippen molar-refractivity contribution in [2.75, 3.05) is 0 Å². The van der Waals surface area contributed by atoms with Crippen LogP contribution in [0.3, 0.4) is 0 Å². The Kier molecular flexibility index (Phi) is 5.09. The highest BCUT2D eigenvalue weighted by Gasteiger charge is 2.06. The van der Waals surface area contributed by atoms with Gasteiger partial charge in [0, 0.05) is 20.7 Å². The van der Waals surface area contributed by atoms with Crippen molar-refractivity contribution in [3.05, 3.63) is 63.6 Å². The number of amidine groups is 1. The van der Waals surface area contributed by atoms with Gasteiger partial charge in [-0.2, -0.15) is 0 Å². The molecule has 0 amide bonds. The molecule has 0 aromatic heterocycles. The fourth-order valence-electron chi connectivity index (χ4n) is 1.80. The summed E-state index contributed by atoms with van der Waals surface area (Å²) >= 11 is 5.27. The molecule has 0 spiro atoms. The highest BCUT2D eigenvalue weighted by Crippen LogP contribution is 2.31. The first-order chi connectivity index (χ1) is 9.60. The first kappa shape index (κ1) is 14.9. The third-order valence-electron chi connectivity index (χ3n) is 2.81. The molecule has 104 valence electrons. The van der Waals surface area contributed by atoms with E-state index in [0.29, 0.717) is 5.56 Å². The van der Waals surface area contributed by atoms with E-state index in [1.807, 2.05) is 18.2 Å². The summed E-state index contributed by atoms with van der Waals surface area (Å²) in [6.07, 6.45) is 0. The van der Waals surface area contributed by atoms with Crippen LogP contribution in [0.25, 0.3) is 0 Å². The lowest BCUT2D eigenvalue weighted by Gasteiger charge is -2.07. The van der Waals surface area contributed by atoms with Crippen LogP contribution in [-0.4, -0.2) is 11.0 Å². The van der Waals surface area contributed by atoms with E-state index in [9.17, 15) is 0 Å². The largest absolute Gasteiger partial charge is 0.409 e. The van der Waals surface area contributed by atoms with Gasteiger partial charge in [-0.1, -0.05) is 35.0 Å². The summed E-state index contributed by atoms with van der Waals surface area (Å²) in [7, 11) is 0. The summed E-state index contributed by atoms with van der Waals surface area (Å²) in [6.45, 7) is 2.09. The molecule has 5 heteroatoms. The molecule has 0 atom stereocenters. The molecule has 0 unspecified atom stereocenters. The molecule has 3 nitrogen and oxygen atoms in total. The Balaban J connectivity index is 2.11. The second-order valence-corrected chi connectivity index (χ2v) is 6.28. The van der Waals surface area contributed by atoms with Gasteiger partial charge in [0.15, 0.2) is 5.84 Å². The second kappa shape index (κ2) is 6.81. The van der Waals surface area contributed by atoms with Gasteiger partial charge in [0.05, 0.1) is 0 Å². The van der Waals surface area contributed by atoms with E-state index in [4.69, 9.17) is 10.9 Å². The quantitative estimate of drug-likeness (QED) is 0.286. The second-order valence-electron chi connectivity index (χ2n) is 4.41. The molecule has 3 N–H and O–H groups in total. The molecule has 0 heterocycles. The van der Waals surface area contributed by atoms with Crippen LogP contribution in [0.5, 0.6) is 0 Å². The molecular formula is C15H15BrN2OS. The maximum atomic E-state index is 8.67. The van der Waals surface area contributed by atoms with Crippen LogP contribution in [0.4, 0.5) is 0 Å². The smallest absolute Gasteiger partial charge is 0.170 e. The van der Waals surface area contributed by atoms with Crippen LogP contribution in [0.15, 0.2) is 57.0 Å². The Labute approximate surface area is 131 Å². The van der Waals surface area contributed by atoms with Crippen LogP contribution < -0.4 is 5.73 Å². The van der Waals surface area contributed by atoms with Crippen molar-refractivity contribution in [3.63, 3.8) is 0 Å². The predicted molar refractivity (Wildman–Crippen MR) is 87.4 cm³/mol. The normalized spacial score (nSPS) is 11.6. The lowest BCUT2D eigenvalue weighted by atomic mass is 10.2. The van der Waals surface area contributed by atoms with Crippen molar-refractivity contribution in [2.24, 2.45) is 10.9 Å². The van der Waals surface area contributed by atoms with Crippen molar-refractivity contribution in [1.29, 1.82) is 0 Å². The predicted octanol–water partition coefficient (Wildman–Crippen LogP) is 4.14. The number of thioether (sulfide) groups is 1. The molecular weight excluding hydrogens is 336 g/mol. The molecule has 2 aromatic carbocycles. The summed E-state index contributed by atoms with van der Waals surface area (Å²) in [4.78, 5) is 1.13. The maximum Gasteiger partial charge on any atom is 0.170 e. The van der Waals surface area contributed by atoms with Crippen LogP contribution in [0.2, 0.25) is 0 Å². The molecule has 2 aromatic rings. The van der Waals surface area contributed by atoms with Crippen LogP contribution >= 0.6 is 27.7 Å². The highest BCUT2D eigenvalue weighted by atomic mass is 79.9. The van der Waals surface area contributed by atoms with Gasteiger partial charge in [0.1, 0.15) is 0 Å². The van der Waals surface area contributed by atoms with Gasteiger partial charge < -0.3 is 10.9 Å². The van der Waals surface area contributed by atoms with Gasteiger partial charge in [-0.25, -0.2) is 0 Å². The number of benzene rings is 2. The van der Waals surface area contributed by atoms with Crippen molar-refractivity contribution in [3.8, 4) is 0 Å². The monoisotopic (exact) mass is 350 g/mol. The zero-order chi connectivity index (χ0) is 14.5. The molecule has 0 saturated carbocycles. The summed E-state index contributed by atoms with van der Waals surface area (Å²) < 4.78 is 0.944. The van der Waals surface area contributed by atoms with Gasteiger partial charge in [-0.3, -0.25) is 0 Å². The fraction of sp³-hybridized carbons (Fsp3) is 0.133. The molecule has 0 bridgehead atoms. The maximum absolute atomic E-state index is 8.67. The lowest BCUT2D eigenvalue weighted by molar-refractivity contribution is 0.318. The van der Waals surface area contributed by atoms with Crippen molar-refractivity contribution in [1.82, 2.24) is 0 Å². The van der Waals surface area contributed by atoms with Gasteiger partial charge >= 0.3 is 0 Å². The SMILES string of the molecule is Cc1cccc(CSc2ccc(/C(N)=N/O)cc2Br)c1. The molecule has 0 fully saturated rings. The molecule has 0 saturated heterocycles. The summed E-state index contributed by atoms with van der Waals surface area (Å²) in [5.74, 6) is 1.02. The Morgan fingerprint density at radius 3 is 2.75 bits per heavy atom. The van der Waals surface area contributed by atoms with Gasteiger partial charge in [-0.15, -0.1) is 11.8 Å². The number of aryl methyl sites for hydroxylation is 1. The number of oxime groups is 1. The van der Waals surface area contributed by atoms with E-state index >= 15 is 0 Å². The number of nitrogens with two attached hydrogens (primary N) is 1. The highest BCUT2D eigenvalue weighted by molar-refractivity contribution is 9.10. The molecule has 0 radical (unpaired) electrons. The van der Waals surface area contributed by atoms with Gasteiger partial charge in [0.2, 0.25) is 0 Å². The Hall–Kier alpha value is -1.46. The Morgan fingerprint density at radius 2 is 2.10 bits per heavy atom. The van der Waals surface area contributed by atoms with Crippen LogP contribution in [-0.2, 0) is 5.75 Å². The zero-order valence-corrected chi connectivity index (χ0v) is 13.4. The summed E-state index contributed by atoms with van der Waals surface area (Å²) in [5, 5.41) is 11.7. The Bertz CT molecular complexity index is 644. The molecule has 2 rings (SSSR count). The van der Waals surface area contributed by atoms with Crippen molar-refractivity contribution in [2.45, 2.75) is 17.6 Å². The van der Waals surface area contributed by atoms with E-state index in [-0.39, 0.29) is 5.84 Å². The third kappa shape index (κ3) is 3.77. The number of rotatable bonds is 4. The number of nitrogens with zero attached hydrogens (tertiary/aromatic N) is 1. The molecule has 0 aliphatic carbocycles. The lowest BCUT2D eigenvalue weighted by Crippen LogP contribution is -2.12. The molecule has 0 aliphatic heterocycles. The van der Waals surface area contributed by atoms with Gasteiger partial charge in [0.25, 0.3) is 0 Å².